The summed E-state index contributed by atoms with van der Waals surface area (Å²) in [5.74, 6) is -0.856. The van der Waals surface area contributed by atoms with Crippen molar-refractivity contribution < 1.29 is 9.59 Å². The minimum Gasteiger partial charge on any atom is -0.310 e. The number of carbonyl (C=O) groups is 2. The maximum atomic E-state index is 13.4. The molecule has 6 rings (SSSR count). The van der Waals surface area contributed by atoms with E-state index < -0.39 is 11.7 Å². The molecule has 0 bridgehead atoms. The molecule has 0 atom stereocenters. The normalized spacial score (nSPS) is 16.2. The van der Waals surface area contributed by atoms with Crippen molar-refractivity contribution in [1.82, 2.24) is 10.2 Å². The number of hydrogen-bond acceptors (Lipinski definition) is 3. The molecule has 0 fully saturated rings. The van der Waals surface area contributed by atoms with E-state index >= 15 is 0 Å². The average Bonchev–Trinajstić information content (AvgIpc) is 3.35. The molecule has 1 aromatic heterocycles. The van der Waals surface area contributed by atoms with Gasteiger partial charge < -0.3 is 4.90 Å². The first-order valence-electron chi connectivity index (χ1n) is 10.2. The summed E-state index contributed by atoms with van der Waals surface area (Å²) in [4.78, 5) is 41.2. The third kappa shape index (κ3) is 2.32. The summed E-state index contributed by atoms with van der Waals surface area (Å²) in [6.45, 7) is 0. The highest BCUT2D eigenvalue weighted by Crippen LogP contribution is 2.42. The molecule has 0 radical (unpaired) electrons. The van der Waals surface area contributed by atoms with Crippen LogP contribution in [0.5, 0.6) is 0 Å². The number of para-hydroxylation sites is 1. The first-order chi connectivity index (χ1) is 15.6. The summed E-state index contributed by atoms with van der Waals surface area (Å²) in [6.07, 6.45) is 0. The predicted molar refractivity (Wildman–Crippen MR) is 122 cm³/mol. The van der Waals surface area contributed by atoms with E-state index in [0.717, 1.165) is 22.3 Å². The second kappa shape index (κ2) is 6.52. The molecular formula is C26H17N3O3. The molecule has 0 unspecified atom stereocenters. The number of aromatic amines is 2. The number of fused-ring (bicyclic) bond motifs is 4. The molecule has 1 aliphatic carbocycles. The number of hydrogen-bond donors (Lipinski definition) is 2. The van der Waals surface area contributed by atoms with E-state index in [0.29, 0.717) is 22.0 Å². The number of ketones is 1. The van der Waals surface area contributed by atoms with Crippen molar-refractivity contribution in [2.45, 2.75) is 0 Å². The molecule has 6 heteroatoms. The van der Waals surface area contributed by atoms with Crippen molar-refractivity contribution in [3.05, 3.63) is 110 Å². The van der Waals surface area contributed by atoms with E-state index in [9.17, 15) is 14.4 Å². The SMILES string of the molecule is CN1C(=O)C(=c2[nH][nH]c(=O)c2=C2c3ccccc3-c3ccccc32)C(=O)c2ccccc21. The molecule has 0 saturated carbocycles. The number of H-pyrrole nitrogens is 2. The molecule has 2 heterocycles. The summed E-state index contributed by atoms with van der Waals surface area (Å²) in [5, 5.41) is 5.95. The summed E-state index contributed by atoms with van der Waals surface area (Å²) < 4.78 is 0. The standard InChI is InChI=1S/C26H17N3O3/c1-29-19-13-7-6-12-18(19)24(30)22(26(29)32)23-21(25(31)28-27-23)20-16-10-4-2-8-14(16)15-9-3-5-11-17(15)20/h2-13,27H,1H3,(H,28,31). The zero-order valence-corrected chi connectivity index (χ0v) is 17.1. The number of benzene rings is 3. The number of nitrogens with one attached hydrogen (secondary N) is 2. The highest BCUT2D eigenvalue weighted by Gasteiger charge is 2.34. The van der Waals surface area contributed by atoms with Crippen LogP contribution < -0.4 is 21.0 Å². The molecule has 0 spiro atoms. The van der Waals surface area contributed by atoms with Gasteiger partial charge in [0.15, 0.2) is 0 Å². The Morgan fingerprint density at radius 2 is 1.16 bits per heavy atom. The van der Waals surface area contributed by atoms with Gasteiger partial charge in [-0.2, -0.15) is 0 Å². The molecule has 2 N–H and O–H groups in total. The monoisotopic (exact) mass is 419 g/mol. The number of rotatable bonds is 0. The lowest BCUT2D eigenvalue weighted by molar-refractivity contribution is -0.113. The molecule has 154 valence electrons. The van der Waals surface area contributed by atoms with E-state index in [4.69, 9.17) is 0 Å². The van der Waals surface area contributed by atoms with Crippen molar-refractivity contribution in [3.8, 4) is 11.1 Å². The van der Waals surface area contributed by atoms with Crippen LogP contribution in [0, 0.1) is 0 Å². The minimum absolute atomic E-state index is 0.0473. The molecule has 4 aromatic rings. The van der Waals surface area contributed by atoms with Crippen molar-refractivity contribution in [1.29, 1.82) is 0 Å². The van der Waals surface area contributed by atoms with Crippen LogP contribution in [0.25, 0.3) is 22.3 Å². The third-order valence-electron chi connectivity index (χ3n) is 6.22. The van der Waals surface area contributed by atoms with E-state index in [2.05, 4.69) is 10.2 Å². The number of aromatic nitrogens is 2. The maximum absolute atomic E-state index is 13.4. The molecule has 2 aliphatic rings. The predicted octanol–water partition coefficient (Wildman–Crippen LogP) is 1.94. The van der Waals surface area contributed by atoms with Crippen molar-refractivity contribution >= 4 is 28.5 Å². The van der Waals surface area contributed by atoms with Crippen LogP contribution in [0.4, 0.5) is 5.69 Å². The van der Waals surface area contributed by atoms with Crippen molar-refractivity contribution in [2.75, 3.05) is 11.9 Å². The lowest BCUT2D eigenvalue weighted by Crippen LogP contribution is -2.45. The number of carbonyl (C=O) groups excluding carboxylic acids is 2. The molecule has 3 aromatic carbocycles. The fourth-order valence-corrected chi connectivity index (χ4v) is 4.76. The molecular weight excluding hydrogens is 402 g/mol. The van der Waals surface area contributed by atoms with Crippen LogP contribution in [0.3, 0.4) is 0 Å². The number of amides is 1. The van der Waals surface area contributed by atoms with Crippen LogP contribution in [-0.4, -0.2) is 28.9 Å². The Bertz CT molecular complexity index is 1610. The summed E-state index contributed by atoms with van der Waals surface area (Å²) >= 11 is 0. The van der Waals surface area contributed by atoms with Gasteiger partial charge in [0, 0.05) is 18.2 Å². The quantitative estimate of drug-likeness (QED) is 0.402. The summed E-state index contributed by atoms with van der Waals surface area (Å²) in [6, 6.07) is 22.6. The number of nitrogens with zero attached hydrogens (tertiary/aromatic N) is 1. The zero-order valence-electron chi connectivity index (χ0n) is 17.1. The van der Waals surface area contributed by atoms with E-state index in [-0.39, 0.29) is 16.5 Å². The third-order valence-corrected chi connectivity index (χ3v) is 6.22. The van der Waals surface area contributed by atoms with Gasteiger partial charge in [-0.3, -0.25) is 24.6 Å². The Hall–Kier alpha value is -4.45. The van der Waals surface area contributed by atoms with Crippen LogP contribution in [0.1, 0.15) is 21.5 Å². The number of anilines is 1. The molecule has 6 nitrogen and oxygen atoms in total. The van der Waals surface area contributed by atoms with Crippen LogP contribution in [-0.2, 0) is 4.79 Å². The van der Waals surface area contributed by atoms with Crippen LogP contribution >= 0.6 is 0 Å². The number of Topliss-reactive ketones (excluding diaryl/α,β-unsaturated/α-hetero) is 1. The van der Waals surface area contributed by atoms with Gasteiger partial charge in [-0.15, -0.1) is 0 Å². The first kappa shape index (κ1) is 18.3. The largest absolute Gasteiger partial charge is 0.310 e. The highest BCUT2D eigenvalue weighted by atomic mass is 16.2. The summed E-state index contributed by atoms with van der Waals surface area (Å²) in [7, 11) is 1.63. The van der Waals surface area contributed by atoms with Gasteiger partial charge in [-0.05, 0) is 34.4 Å². The van der Waals surface area contributed by atoms with Gasteiger partial charge in [0.1, 0.15) is 5.57 Å². The van der Waals surface area contributed by atoms with Crippen molar-refractivity contribution in [3.63, 3.8) is 0 Å². The smallest absolute Gasteiger partial charge is 0.272 e. The lowest BCUT2D eigenvalue weighted by atomic mass is 9.94. The molecule has 0 saturated heterocycles. The van der Waals surface area contributed by atoms with Crippen LogP contribution in [0.2, 0.25) is 0 Å². The maximum Gasteiger partial charge on any atom is 0.272 e. The highest BCUT2D eigenvalue weighted by molar-refractivity contribution is 6.51. The lowest BCUT2D eigenvalue weighted by Gasteiger charge is -2.26. The molecule has 1 amide bonds. The second-order valence-corrected chi connectivity index (χ2v) is 7.88. The Balaban J connectivity index is 1.81. The average molecular weight is 419 g/mol. The Morgan fingerprint density at radius 3 is 1.78 bits per heavy atom. The first-order valence-corrected chi connectivity index (χ1v) is 10.2. The van der Waals surface area contributed by atoms with Gasteiger partial charge in [-0.1, -0.05) is 60.7 Å². The van der Waals surface area contributed by atoms with Gasteiger partial charge in [-0.25, -0.2) is 0 Å². The Morgan fingerprint density at radius 1 is 0.625 bits per heavy atom. The van der Waals surface area contributed by atoms with E-state index in [1.54, 1.807) is 31.3 Å². The van der Waals surface area contributed by atoms with Gasteiger partial charge in [0.05, 0.1) is 16.3 Å². The van der Waals surface area contributed by atoms with E-state index in [1.807, 2.05) is 48.5 Å². The fraction of sp³-hybridized carbons (Fsp3) is 0.0385. The zero-order chi connectivity index (χ0) is 22.0. The van der Waals surface area contributed by atoms with Gasteiger partial charge in [0.2, 0.25) is 5.78 Å². The Labute approximate surface area is 182 Å². The van der Waals surface area contributed by atoms with Gasteiger partial charge >= 0.3 is 0 Å². The minimum atomic E-state index is -0.453. The Kier molecular flexibility index (Phi) is 3.74. The summed E-state index contributed by atoms with van der Waals surface area (Å²) in [5.41, 5.74) is 5.07. The topological polar surface area (TPSA) is 86.0 Å². The molecule has 32 heavy (non-hydrogen) atoms. The fourth-order valence-electron chi connectivity index (χ4n) is 4.76. The van der Waals surface area contributed by atoms with E-state index in [1.165, 1.54) is 4.90 Å². The van der Waals surface area contributed by atoms with Crippen LogP contribution in [0.15, 0.2) is 77.6 Å². The van der Waals surface area contributed by atoms with Crippen molar-refractivity contribution in [2.24, 2.45) is 0 Å². The van der Waals surface area contributed by atoms with Gasteiger partial charge in [0.25, 0.3) is 11.5 Å². The molecule has 1 aliphatic heterocycles. The second-order valence-electron chi connectivity index (χ2n) is 7.88.